The Balaban J connectivity index is 2.13. The Hall–Kier alpha value is -0.940. The summed E-state index contributed by atoms with van der Waals surface area (Å²) in [6.07, 6.45) is 1.53. The number of hydrogen-bond acceptors (Lipinski definition) is 5. The van der Waals surface area contributed by atoms with E-state index in [1.807, 2.05) is 0 Å². The lowest BCUT2D eigenvalue weighted by Crippen LogP contribution is -2.37. The molecular weight excluding hydrogens is 206 g/mol. The number of rotatable bonds is 2. The van der Waals surface area contributed by atoms with E-state index in [1.165, 1.54) is 0 Å². The van der Waals surface area contributed by atoms with Crippen molar-refractivity contribution in [3.05, 3.63) is 11.7 Å². The Morgan fingerprint density at radius 2 is 2.19 bits per heavy atom. The summed E-state index contributed by atoms with van der Waals surface area (Å²) in [5.74, 6) is 1.23. The molecule has 1 unspecified atom stereocenters. The first-order valence-corrected chi connectivity index (χ1v) is 5.59. The summed E-state index contributed by atoms with van der Waals surface area (Å²) in [6, 6.07) is 0. The van der Waals surface area contributed by atoms with Gasteiger partial charge >= 0.3 is 0 Å². The van der Waals surface area contributed by atoms with Gasteiger partial charge in [0.2, 0.25) is 5.89 Å². The largest absolute Gasteiger partial charge is 0.379 e. The highest BCUT2D eigenvalue weighted by atomic mass is 16.5. The summed E-state index contributed by atoms with van der Waals surface area (Å²) in [4.78, 5) is 4.37. The molecule has 1 aliphatic heterocycles. The second-order valence-electron chi connectivity index (χ2n) is 5.71. The molecule has 5 heteroatoms. The van der Waals surface area contributed by atoms with Gasteiger partial charge in [0.05, 0.1) is 6.61 Å². The fourth-order valence-corrected chi connectivity index (χ4v) is 1.75. The van der Waals surface area contributed by atoms with E-state index in [9.17, 15) is 0 Å². The monoisotopic (exact) mass is 225 g/mol. The lowest BCUT2D eigenvalue weighted by atomic mass is 9.92. The van der Waals surface area contributed by atoms with Crippen LogP contribution in [0.5, 0.6) is 0 Å². The number of aromatic nitrogens is 2. The van der Waals surface area contributed by atoms with Crippen molar-refractivity contribution < 1.29 is 9.26 Å². The molecule has 1 aliphatic rings. The molecule has 2 rings (SSSR count). The van der Waals surface area contributed by atoms with E-state index < -0.39 is 5.54 Å². The summed E-state index contributed by atoms with van der Waals surface area (Å²) in [5.41, 5.74) is 5.70. The van der Waals surface area contributed by atoms with Gasteiger partial charge < -0.3 is 15.0 Å². The second-order valence-corrected chi connectivity index (χ2v) is 5.71. The maximum atomic E-state index is 6.14. The molecule has 1 fully saturated rings. The Labute approximate surface area is 95.3 Å². The zero-order valence-electron chi connectivity index (χ0n) is 10.1. The summed E-state index contributed by atoms with van der Waals surface area (Å²) in [7, 11) is 0. The van der Waals surface area contributed by atoms with Crippen molar-refractivity contribution in [1.29, 1.82) is 0 Å². The first-order chi connectivity index (χ1) is 7.39. The Morgan fingerprint density at radius 3 is 2.75 bits per heavy atom. The van der Waals surface area contributed by atoms with E-state index in [-0.39, 0.29) is 5.41 Å². The molecule has 0 saturated carbocycles. The maximum Gasteiger partial charge on any atom is 0.249 e. The van der Waals surface area contributed by atoms with Gasteiger partial charge in [-0.15, -0.1) is 0 Å². The van der Waals surface area contributed by atoms with Crippen molar-refractivity contribution in [1.82, 2.24) is 10.1 Å². The standard InChI is InChI=1S/C11H19N3O2/c1-10(2,3)6-8-13-9(16-14-8)11(12)4-5-15-7-11/h4-7,12H2,1-3H3. The summed E-state index contributed by atoms with van der Waals surface area (Å²) < 4.78 is 10.5. The first kappa shape index (κ1) is 11.5. The van der Waals surface area contributed by atoms with Gasteiger partial charge in [-0.3, -0.25) is 0 Å². The topological polar surface area (TPSA) is 74.2 Å². The summed E-state index contributed by atoms with van der Waals surface area (Å²) >= 11 is 0. The third-order valence-electron chi connectivity index (χ3n) is 2.63. The molecule has 1 aromatic heterocycles. The molecule has 90 valence electrons. The van der Waals surface area contributed by atoms with Crippen molar-refractivity contribution in [2.24, 2.45) is 11.1 Å². The van der Waals surface area contributed by atoms with Crippen LogP contribution in [0.4, 0.5) is 0 Å². The maximum absolute atomic E-state index is 6.14. The molecule has 0 spiro atoms. The van der Waals surface area contributed by atoms with E-state index in [1.54, 1.807) is 0 Å². The van der Waals surface area contributed by atoms with Gasteiger partial charge in [-0.2, -0.15) is 4.98 Å². The van der Waals surface area contributed by atoms with Gasteiger partial charge in [-0.1, -0.05) is 25.9 Å². The van der Waals surface area contributed by atoms with Gasteiger partial charge in [0, 0.05) is 13.0 Å². The SMILES string of the molecule is CC(C)(C)Cc1noc(C2(N)CCOC2)n1. The Morgan fingerprint density at radius 1 is 1.44 bits per heavy atom. The molecule has 5 nitrogen and oxygen atoms in total. The predicted octanol–water partition coefficient (Wildman–Crippen LogP) is 1.23. The molecule has 1 aromatic rings. The molecule has 16 heavy (non-hydrogen) atoms. The minimum Gasteiger partial charge on any atom is -0.379 e. The zero-order chi connectivity index (χ0) is 11.8. The van der Waals surface area contributed by atoms with E-state index in [4.69, 9.17) is 15.0 Å². The van der Waals surface area contributed by atoms with E-state index in [0.717, 1.165) is 18.7 Å². The van der Waals surface area contributed by atoms with Crippen LogP contribution in [0.2, 0.25) is 0 Å². The Kier molecular flexibility index (Phi) is 2.75. The van der Waals surface area contributed by atoms with E-state index in [0.29, 0.717) is 19.1 Å². The van der Waals surface area contributed by atoms with Gasteiger partial charge in [0.15, 0.2) is 5.82 Å². The average molecular weight is 225 g/mol. The minimum atomic E-state index is -0.580. The first-order valence-electron chi connectivity index (χ1n) is 5.59. The number of nitrogens with zero attached hydrogens (tertiary/aromatic N) is 2. The van der Waals surface area contributed by atoms with Gasteiger partial charge in [-0.25, -0.2) is 0 Å². The van der Waals surface area contributed by atoms with Crippen LogP contribution in [0.1, 0.15) is 38.9 Å². The molecule has 2 N–H and O–H groups in total. The van der Waals surface area contributed by atoms with Crippen LogP contribution >= 0.6 is 0 Å². The van der Waals surface area contributed by atoms with Crippen molar-refractivity contribution >= 4 is 0 Å². The van der Waals surface area contributed by atoms with Gasteiger partial charge in [-0.05, 0) is 11.8 Å². The van der Waals surface area contributed by atoms with Crippen LogP contribution in [0.25, 0.3) is 0 Å². The van der Waals surface area contributed by atoms with Crippen LogP contribution in [0.15, 0.2) is 4.52 Å². The summed E-state index contributed by atoms with van der Waals surface area (Å²) in [5, 5.41) is 3.97. The van der Waals surface area contributed by atoms with Gasteiger partial charge in [0.25, 0.3) is 0 Å². The highest BCUT2D eigenvalue weighted by Gasteiger charge is 2.38. The normalized spacial score (nSPS) is 26.2. The number of nitrogens with two attached hydrogens (primary N) is 1. The van der Waals surface area contributed by atoms with Crippen LogP contribution in [0.3, 0.4) is 0 Å². The molecule has 1 atom stereocenters. The third kappa shape index (κ3) is 2.41. The van der Waals surface area contributed by atoms with Crippen LogP contribution in [-0.2, 0) is 16.7 Å². The van der Waals surface area contributed by atoms with Crippen LogP contribution in [0, 0.1) is 5.41 Å². The van der Waals surface area contributed by atoms with Crippen LogP contribution in [-0.4, -0.2) is 23.4 Å². The quantitative estimate of drug-likeness (QED) is 0.819. The van der Waals surface area contributed by atoms with Crippen molar-refractivity contribution in [3.63, 3.8) is 0 Å². The smallest absolute Gasteiger partial charge is 0.249 e. The van der Waals surface area contributed by atoms with E-state index in [2.05, 4.69) is 30.9 Å². The molecule has 2 heterocycles. The third-order valence-corrected chi connectivity index (χ3v) is 2.63. The fraction of sp³-hybridized carbons (Fsp3) is 0.818. The zero-order valence-corrected chi connectivity index (χ0v) is 10.1. The molecular formula is C11H19N3O2. The highest BCUT2D eigenvalue weighted by molar-refractivity contribution is 5.05. The molecule has 1 saturated heterocycles. The fourth-order valence-electron chi connectivity index (χ4n) is 1.75. The van der Waals surface area contributed by atoms with Crippen molar-refractivity contribution in [3.8, 4) is 0 Å². The van der Waals surface area contributed by atoms with Crippen LogP contribution < -0.4 is 5.73 Å². The number of ether oxygens (including phenoxy) is 1. The predicted molar refractivity (Wildman–Crippen MR) is 58.8 cm³/mol. The Bertz CT molecular complexity index is 362. The van der Waals surface area contributed by atoms with Crippen molar-refractivity contribution in [2.45, 2.75) is 39.2 Å². The summed E-state index contributed by atoms with van der Waals surface area (Å²) in [6.45, 7) is 7.54. The molecule has 0 aliphatic carbocycles. The highest BCUT2D eigenvalue weighted by Crippen LogP contribution is 2.27. The molecule has 0 aromatic carbocycles. The average Bonchev–Trinajstić information content (AvgIpc) is 2.72. The molecule has 0 amide bonds. The van der Waals surface area contributed by atoms with E-state index >= 15 is 0 Å². The second kappa shape index (κ2) is 3.82. The lowest BCUT2D eigenvalue weighted by Gasteiger charge is -2.16. The molecule has 0 bridgehead atoms. The van der Waals surface area contributed by atoms with Crippen molar-refractivity contribution in [2.75, 3.05) is 13.2 Å². The molecule has 0 radical (unpaired) electrons. The number of hydrogen-bond donors (Lipinski definition) is 1. The minimum absolute atomic E-state index is 0.148. The lowest BCUT2D eigenvalue weighted by molar-refractivity contribution is 0.166. The van der Waals surface area contributed by atoms with Gasteiger partial charge in [0.1, 0.15) is 5.54 Å².